The number of carbonyl (C=O) groups is 1. The summed E-state index contributed by atoms with van der Waals surface area (Å²) in [7, 11) is 0. The van der Waals surface area contributed by atoms with Crippen LogP contribution in [0.15, 0.2) is 36.7 Å². The second kappa shape index (κ2) is 8.28. The number of hydrogen-bond acceptors (Lipinski definition) is 3. The maximum Gasteiger partial charge on any atom is 0.282 e. The average Bonchev–Trinajstić information content (AvgIpc) is 3.24. The summed E-state index contributed by atoms with van der Waals surface area (Å²) in [5, 5.41) is 11.6. The highest BCUT2D eigenvalue weighted by Gasteiger charge is 2.21. The van der Waals surface area contributed by atoms with Crippen LogP contribution in [-0.2, 0) is 11.3 Å². The fourth-order valence-corrected chi connectivity index (χ4v) is 3.03. The Morgan fingerprint density at radius 2 is 2.00 bits per heavy atom. The zero-order chi connectivity index (χ0) is 20.4. The molecule has 1 atom stereocenters. The number of benzene rings is 1. The molecule has 0 aliphatic carbocycles. The number of nitrogens with one attached hydrogen (secondary N) is 1. The molecule has 1 N–H and O–H groups in total. The number of halogens is 4. The maximum absolute atomic E-state index is 12.8. The number of anilines is 1. The van der Waals surface area contributed by atoms with Gasteiger partial charge >= 0.3 is 0 Å². The first-order chi connectivity index (χ1) is 13.2. The summed E-state index contributed by atoms with van der Waals surface area (Å²) in [5.74, 6) is -0.388. The molecule has 0 fully saturated rings. The molecule has 0 aliphatic rings. The number of hydrogen-bond donors (Lipinski definition) is 1. The normalized spacial score (nSPS) is 12.4. The minimum atomic E-state index is -2.69. The molecule has 148 valence electrons. The minimum Gasteiger partial charge on any atom is -0.322 e. The predicted octanol–water partition coefficient (Wildman–Crippen LogP) is 4.88. The molecular weight excluding hydrogens is 411 g/mol. The molecule has 0 aliphatic heterocycles. The second-order valence-electron chi connectivity index (χ2n) is 6.30. The second-order valence-corrected chi connectivity index (χ2v) is 7.11. The maximum atomic E-state index is 12.8. The van der Waals surface area contributed by atoms with Crippen LogP contribution in [0.4, 0.5) is 14.5 Å². The van der Waals surface area contributed by atoms with E-state index in [0.29, 0.717) is 28.0 Å². The van der Waals surface area contributed by atoms with Gasteiger partial charge in [0.15, 0.2) is 0 Å². The molecule has 6 nitrogen and oxygen atoms in total. The lowest BCUT2D eigenvalue weighted by molar-refractivity contribution is -0.119. The van der Waals surface area contributed by atoms with Crippen molar-refractivity contribution in [2.75, 3.05) is 5.32 Å². The molecule has 0 radical (unpaired) electrons. The topological polar surface area (TPSA) is 64.7 Å². The van der Waals surface area contributed by atoms with E-state index in [2.05, 4.69) is 15.5 Å². The molecule has 3 aromatic rings. The Bertz CT molecular complexity index is 1000. The molecule has 1 amide bonds. The highest BCUT2D eigenvalue weighted by Crippen LogP contribution is 2.23. The first-order valence-electron chi connectivity index (χ1n) is 8.36. The van der Waals surface area contributed by atoms with Crippen molar-refractivity contribution in [2.24, 2.45) is 0 Å². The Balaban J connectivity index is 1.67. The first kappa shape index (κ1) is 20.3. The summed E-state index contributed by atoms with van der Waals surface area (Å²) in [4.78, 5) is 12.5. The van der Waals surface area contributed by atoms with Crippen LogP contribution in [0, 0.1) is 6.92 Å². The summed E-state index contributed by atoms with van der Waals surface area (Å²) in [6.07, 6.45) is 0.478. The van der Waals surface area contributed by atoms with Gasteiger partial charge in [-0.2, -0.15) is 10.2 Å². The monoisotopic (exact) mass is 427 g/mol. The van der Waals surface area contributed by atoms with Crippen molar-refractivity contribution in [3.63, 3.8) is 0 Å². The molecule has 28 heavy (non-hydrogen) atoms. The Kier molecular flexibility index (Phi) is 6.00. The van der Waals surface area contributed by atoms with E-state index in [-0.39, 0.29) is 11.6 Å². The van der Waals surface area contributed by atoms with Gasteiger partial charge in [-0.25, -0.2) is 8.78 Å². The van der Waals surface area contributed by atoms with Gasteiger partial charge in [0.25, 0.3) is 6.43 Å². The van der Waals surface area contributed by atoms with E-state index in [9.17, 15) is 13.6 Å². The number of rotatable bonds is 6. The lowest BCUT2D eigenvalue weighted by Crippen LogP contribution is -2.25. The molecule has 0 saturated heterocycles. The van der Waals surface area contributed by atoms with Gasteiger partial charge in [0.05, 0.1) is 28.5 Å². The lowest BCUT2D eigenvalue weighted by Gasteiger charge is -2.13. The van der Waals surface area contributed by atoms with E-state index in [0.717, 1.165) is 5.56 Å². The zero-order valence-electron chi connectivity index (χ0n) is 15.0. The molecule has 1 aromatic carbocycles. The van der Waals surface area contributed by atoms with Gasteiger partial charge in [-0.15, -0.1) is 0 Å². The van der Waals surface area contributed by atoms with Crippen LogP contribution in [0.25, 0.3) is 0 Å². The summed E-state index contributed by atoms with van der Waals surface area (Å²) in [5.41, 5.74) is 1.51. The van der Waals surface area contributed by atoms with E-state index in [1.54, 1.807) is 36.9 Å². The summed E-state index contributed by atoms with van der Waals surface area (Å²) >= 11 is 11.9. The van der Waals surface area contributed by atoms with Crippen molar-refractivity contribution in [3.05, 3.63) is 63.7 Å². The molecule has 0 saturated carbocycles. The highest BCUT2D eigenvalue weighted by molar-refractivity contribution is 6.42. The number of aromatic nitrogens is 4. The number of amides is 1. The van der Waals surface area contributed by atoms with Gasteiger partial charge in [0, 0.05) is 11.9 Å². The largest absolute Gasteiger partial charge is 0.322 e. The fraction of sp³-hybridized carbons (Fsp3) is 0.278. The van der Waals surface area contributed by atoms with E-state index >= 15 is 0 Å². The standard InChI is InChI=1S/C18H17Cl2F2N5O/c1-10-5-16(17(21)22)25-27(10)11(2)18(28)24-13-7-23-26(9-13)8-12-3-4-14(19)15(20)6-12/h3-7,9,11,17H,8H2,1-2H3,(H,24,28). The SMILES string of the molecule is Cc1cc(C(F)F)nn1C(C)C(=O)Nc1cnn(Cc2ccc(Cl)c(Cl)c2)c1. The van der Waals surface area contributed by atoms with Crippen molar-refractivity contribution >= 4 is 34.8 Å². The van der Waals surface area contributed by atoms with Crippen LogP contribution in [-0.4, -0.2) is 25.5 Å². The van der Waals surface area contributed by atoms with Crippen LogP contribution in [0.2, 0.25) is 10.0 Å². The smallest absolute Gasteiger partial charge is 0.282 e. The molecule has 2 heterocycles. The van der Waals surface area contributed by atoms with Crippen LogP contribution in [0.3, 0.4) is 0 Å². The first-order valence-corrected chi connectivity index (χ1v) is 9.11. The Morgan fingerprint density at radius 3 is 2.64 bits per heavy atom. The van der Waals surface area contributed by atoms with Crippen molar-refractivity contribution in [2.45, 2.75) is 32.9 Å². The Morgan fingerprint density at radius 1 is 1.25 bits per heavy atom. The number of alkyl halides is 2. The Labute approximate surface area is 170 Å². The predicted molar refractivity (Wildman–Crippen MR) is 103 cm³/mol. The third kappa shape index (κ3) is 4.51. The van der Waals surface area contributed by atoms with Gasteiger partial charge in [-0.3, -0.25) is 14.2 Å². The van der Waals surface area contributed by atoms with E-state index in [4.69, 9.17) is 23.2 Å². The van der Waals surface area contributed by atoms with Crippen LogP contribution in [0.5, 0.6) is 0 Å². The zero-order valence-corrected chi connectivity index (χ0v) is 16.5. The number of aryl methyl sites for hydroxylation is 1. The molecule has 2 aromatic heterocycles. The third-order valence-electron chi connectivity index (χ3n) is 4.14. The van der Waals surface area contributed by atoms with Crippen LogP contribution >= 0.6 is 23.2 Å². The third-order valence-corrected chi connectivity index (χ3v) is 4.88. The minimum absolute atomic E-state index is 0.355. The average molecular weight is 428 g/mol. The molecular formula is C18H17Cl2F2N5O. The van der Waals surface area contributed by atoms with Crippen molar-refractivity contribution < 1.29 is 13.6 Å². The van der Waals surface area contributed by atoms with Crippen LogP contribution < -0.4 is 5.32 Å². The van der Waals surface area contributed by atoms with Crippen LogP contribution in [0.1, 0.15) is 36.3 Å². The van der Waals surface area contributed by atoms with E-state index < -0.39 is 12.5 Å². The summed E-state index contributed by atoms with van der Waals surface area (Å²) in [6, 6.07) is 5.78. The molecule has 10 heteroatoms. The van der Waals surface area contributed by atoms with Gasteiger partial charge in [0.1, 0.15) is 11.7 Å². The van der Waals surface area contributed by atoms with Gasteiger partial charge in [-0.1, -0.05) is 29.3 Å². The van der Waals surface area contributed by atoms with Crippen molar-refractivity contribution in [1.29, 1.82) is 0 Å². The van der Waals surface area contributed by atoms with Crippen molar-refractivity contribution in [3.8, 4) is 0 Å². The summed E-state index contributed by atoms with van der Waals surface area (Å²) in [6.45, 7) is 3.65. The lowest BCUT2D eigenvalue weighted by atomic mass is 10.2. The van der Waals surface area contributed by atoms with E-state index in [1.807, 2.05) is 6.07 Å². The molecule has 3 rings (SSSR count). The van der Waals surface area contributed by atoms with Gasteiger partial charge < -0.3 is 5.32 Å². The quantitative estimate of drug-likeness (QED) is 0.609. The molecule has 1 unspecified atom stereocenters. The molecule has 0 bridgehead atoms. The fourth-order valence-electron chi connectivity index (χ4n) is 2.71. The molecule has 0 spiro atoms. The van der Waals surface area contributed by atoms with Crippen molar-refractivity contribution in [1.82, 2.24) is 19.6 Å². The van der Waals surface area contributed by atoms with E-state index in [1.165, 1.54) is 16.9 Å². The Hall–Kier alpha value is -2.45. The van der Waals surface area contributed by atoms with Gasteiger partial charge in [0.2, 0.25) is 5.91 Å². The summed E-state index contributed by atoms with van der Waals surface area (Å²) < 4.78 is 28.5. The highest BCUT2D eigenvalue weighted by atomic mass is 35.5. The number of nitrogens with zero attached hydrogens (tertiary/aromatic N) is 4. The van der Waals surface area contributed by atoms with Gasteiger partial charge in [-0.05, 0) is 37.6 Å². The number of carbonyl (C=O) groups excluding carboxylic acids is 1.